The minimum atomic E-state index is -0.0704. The number of thiophene rings is 1. The number of carbonyl (C=O) groups excluding carboxylic acids is 1. The number of halogens is 1. The lowest BCUT2D eigenvalue weighted by molar-refractivity contribution is -0.121. The fourth-order valence-electron chi connectivity index (χ4n) is 1.41. The van der Waals surface area contributed by atoms with Crippen molar-refractivity contribution in [1.82, 2.24) is 5.32 Å². The maximum Gasteiger partial charge on any atom is 0.221 e. The van der Waals surface area contributed by atoms with Crippen molar-refractivity contribution in [2.75, 3.05) is 0 Å². The van der Waals surface area contributed by atoms with Gasteiger partial charge in [-0.2, -0.15) is 0 Å². The number of nitrogens with two attached hydrogens (primary N) is 1. The molecule has 0 bridgehead atoms. The maximum absolute atomic E-state index is 11.4. The second-order valence-electron chi connectivity index (χ2n) is 3.93. The quantitative estimate of drug-likeness (QED) is 0.852. The molecule has 0 aromatic carbocycles. The first kappa shape index (κ1) is 15.4. The molecule has 0 saturated heterocycles. The number of hydrogen-bond acceptors (Lipinski definition) is 3. The van der Waals surface area contributed by atoms with Gasteiger partial charge in [0.2, 0.25) is 5.91 Å². The van der Waals surface area contributed by atoms with Crippen LogP contribution in [-0.2, 0) is 11.2 Å². The molecular formula is C11H19ClN2OS. The van der Waals surface area contributed by atoms with Gasteiger partial charge in [0, 0.05) is 29.8 Å². The minimum Gasteiger partial charge on any atom is -0.353 e. The molecule has 0 aliphatic heterocycles. The SMILES string of the molecule is CC(N)CC(=O)NC(C)Cc1cccs1.Cl. The van der Waals surface area contributed by atoms with E-state index in [9.17, 15) is 4.79 Å². The molecule has 2 atom stereocenters. The number of carbonyl (C=O) groups is 1. The standard InChI is InChI=1S/C11H18N2OS.ClH/c1-8(12)6-11(14)13-9(2)7-10-4-3-5-15-10;/h3-5,8-9H,6-7,12H2,1-2H3,(H,13,14);1H. The molecule has 1 rings (SSSR count). The van der Waals surface area contributed by atoms with Gasteiger partial charge in [0.05, 0.1) is 0 Å². The lowest BCUT2D eigenvalue weighted by atomic mass is 10.2. The Labute approximate surface area is 107 Å². The summed E-state index contributed by atoms with van der Waals surface area (Å²) in [6.07, 6.45) is 1.29. The lowest BCUT2D eigenvalue weighted by Crippen LogP contribution is -2.36. The summed E-state index contributed by atoms with van der Waals surface area (Å²) in [6, 6.07) is 4.21. The van der Waals surface area contributed by atoms with Crippen molar-refractivity contribution in [3.05, 3.63) is 22.4 Å². The third-order valence-electron chi connectivity index (χ3n) is 2.00. The molecule has 1 aromatic rings. The summed E-state index contributed by atoms with van der Waals surface area (Å²) in [5.74, 6) is 0.0362. The van der Waals surface area contributed by atoms with E-state index >= 15 is 0 Å². The first-order chi connectivity index (χ1) is 7.08. The van der Waals surface area contributed by atoms with E-state index in [2.05, 4.69) is 11.4 Å². The van der Waals surface area contributed by atoms with Crippen molar-refractivity contribution < 1.29 is 4.79 Å². The predicted octanol–water partition coefficient (Wildman–Crippen LogP) is 1.95. The van der Waals surface area contributed by atoms with Gasteiger partial charge in [-0.25, -0.2) is 0 Å². The topological polar surface area (TPSA) is 55.1 Å². The molecule has 0 aliphatic carbocycles. The molecule has 92 valence electrons. The number of amides is 1. The van der Waals surface area contributed by atoms with E-state index in [-0.39, 0.29) is 30.4 Å². The summed E-state index contributed by atoms with van der Waals surface area (Å²) < 4.78 is 0. The molecule has 0 saturated carbocycles. The Morgan fingerprint density at radius 1 is 1.56 bits per heavy atom. The van der Waals surface area contributed by atoms with Gasteiger partial charge in [0.25, 0.3) is 0 Å². The Hall–Kier alpha value is -0.580. The average Bonchev–Trinajstić information content (AvgIpc) is 2.53. The Balaban J connectivity index is 0.00000225. The molecule has 2 unspecified atom stereocenters. The van der Waals surface area contributed by atoms with Crippen molar-refractivity contribution in [3.8, 4) is 0 Å². The molecule has 1 heterocycles. The molecule has 3 nitrogen and oxygen atoms in total. The molecule has 16 heavy (non-hydrogen) atoms. The maximum atomic E-state index is 11.4. The molecular weight excluding hydrogens is 244 g/mol. The zero-order valence-corrected chi connectivity index (χ0v) is 11.2. The fourth-order valence-corrected chi connectivity index (χ4v) is 2.24. The third-order valence-corrected chi connectivity index (χ3v) is 2.90. The molecule has 0 radical (unpaired) electrons. The van der Waals surface area contributed by atoms with E-state index < -0.39 is 0 Å². The van der Waals surface area contributed by atoms with E-state index in [4.69, 9.17) is 5.73 Å². The van der Waals surface area contributed by atoms with Gasteiger partial charge in [-0.05, 0) is 25.3 Å². The molecule has 1 amide bonds. The van der Waals surface area contributed by atoms with Gasteiger partial charge in [-0.1, -0.05) is 6.07 Å². The van der Waals surface area contributed by atoms with Gasteiger partial charge >= 0.3 is 0 Å². The van der Waals surface area contributed by atoms with E-state index in [1.54, 1.807) is 11.3 Å². The predicted molar refractivity (Wildman–Crippen MR) is 71.1 cm³/mol. The summed E-state index contributed by atoms with van der Waals surface area (Å²) in [4.78, 5) is 12.7. The Morgan fingerprint density at radius 2 is 2.25 bits per heavy atom. The zero-order chi connectivity index (χ0) is 11.3. The number of nitrogens with one attached hydrogen (secondary N) is 1. The van der Waals surface area contributed by atoms with Crippen LogP contribution in [0.5, 0.6) is 0 Å². The molecule has 5 heteroatoms. The van der Waals surface area contributed by atoms with Crippen LogP contribution in [0.4, 0.5) is 0 Å². The fraction of sp³-hybridized carbons (Fsp3) is 0.545. The van der Waals surface area contributed by atoms with Crippen LogP contribution in [0.15, 0.2) is 17.5 Å². The normalized spacial score (nSPS) is 13.7. The van der Waals surface area contributed by atoms with E-state index in [0.717, 1.165) is 6.42 Å². The Bertz CT molecular complexity index is 301. The van der Waals surface area contributed by atoms with Crippen molar-refractivity contribution in [1.29, 1.82) is 0 Å². The van der Waals surface area contributed by atoms with Gasteiger partial charge in [-0.15, -0.1) is 23.7 Å². The van der Waals surface area contributed by atoms with Crippen molar-refractivity contribution in [2.45, 2.75) is 38.8 Å². The Kier molecular flexibility index (Phi) is 7.38. The van der Waals surface area contributed by atoms with Gasteiger partial charge in [0.1, 0.15) is 0 Å². The summed E-state index contributed by atoms with van der Waals surface area (Å²) in [6.45, 7) is 3.85. The molecule has 1 aromatic heterocycles. The van der Waals surface area contributed by atoms with Crippen LogP contribution in [0.1, 0.15) is 25.1 Å². The molecule has 0 spiro atoms. The second kappa shape index (κ2) is 7.65. The van der Waals surface area contributed by atoms with Crippen LogP contribution in [0.25, 0.3) is 0 Å². The highest BCUT2D eigenvalue weighted by molar-refractivity contribution is 7.09. The summed E-state index contributed by atoms with van der Waals surface area (Å²) >= 11 is 1.72. The summed E-state index contributed by atoms with van der Waals surface area (Å²) in [5.41, 5.74) is 5.55. The minimum absolute atomic E-state index is 0. The molecule has 3 N–H and O–H groups in total. The Morgan fingerprint density at radius 3 is 2.75 bits per heavy atom. The van der Waals surface area contributed by atoms with Crippen LogP contribution < -0.4 is 11.1 Å². The van der Waals surface area contributed by atoms with Crippen LogP contribution >= 0.6 is 23.7 Å². The van der Waals surface area contributed by atoms with Crippen LogP contribution in [0, 0.1) is 0 Å². The highest BCUT2D eigenvalue weighted by Crippen LogP contribution is 2.10. The zero-order valence-electron chi connectivity index (χ0n) is 9.60. The van der Waals surface area contributed by atoms with Crippen molar-refractivity contribution in [2.24, 2.45) is 5.73 Å². The first-order valence-corrected chi connectivity index (χ1v) is 6.03. The van der Waals surface area contributed by atoms with Gasteiger partial charge in [0.15, 0.2) is 0 Å². The third kappa shape index (κ3) is 6.10. The lowest BCUT2D eigenvalue weighted by Gasteiger charge is -2.13. The summed E-state index contributed by atoms with van der Waals surface area (Å²) in [7, 11) is 0. The average molecular weight is 263 g/mol. The van der Waals surface area contributed by atoms with Crippen molar-refractivity contribution in [3.63, 3.8) is 0 Å². The number of rotatable bonds is 5. The monoisotopic (exact) mass is 262 g/mol. The second-order valence-corrected chi connectivity index (χ2v) is 4.97. The summed E-state index contributed by atoms with van der Waals surface area (Å²) in [5, 5.41) is 4.98. The van der Waals surface area contributed by atoms with Crippen LogP contribution in [0.3, 0.4) is 0 Å². The highest BCUT2D eigenvalue weighted by atomic mass is 35.5. The van der Waals surface area contributed by atoms with E-state index in [1.807, 2.05) is 25.3 Å². The van der Waals surface area contributed by atoms with E-state index in [0.29, 0.717) is 6.42 Å². The van der Waals surface area contributed by atoms with Gasteiger partial charge in [-0.3, -0.25) is 4.79 Å². The van der Waals surface area contributed by atoms with Crippen molar-refractivity contribution >= 4 is 29.7 Å². The van der Waals surface area contributed by atoms with Crippen LogP contribution in [-0.4, -0.2) is 18.0 Å². The van der Waals surface area contributed by atoms with Crippen LogP contribution in [0.2, 0.25) is 0 Å². The molecule has 0 aliphatic rings. The largest absolute Gasteiger partial charge is 0.353 e. The van der Waals surface area contributed by atoms with E-state index in [1.165, 1.54) is 4.88 Å². The van der Waals surface area contributed by atoms with Gasteiger partial charge < -0.3 is 11.1 Å². The first-order valence-electron chi connectivity index (χ1n) is 5.15. The molecule has 0 fully saturated rings. The smallest absolute Gasteiger partial charge is 0.221 e. The number of hydrogen-bond donors (Lipinski definition) is 2. The highest BCUT2D eigenvalue weighted by Gasteiger charge is 2.09.